The van der Waals surface area contributed by atoms with Gasteiger partial charge in [0.05, 0.1) is 4.90 Å². The molecule has 0 saturated heterocycles. The van der Waals surface area contributed by atoms with E-state index in [-0.39, 0.29) is 0 Å². The molecule has 1 heterocycles. The van der Waals surface area contributed by atoms with Crippen LogP contribution >= 0.6 is 35.1 Å². The van der Waals surface area contributed by atoms with Crippen molar-refractivity contribution < 1.29 is 4.21 Å². The average molecular weight is 330 g/mol. The average Bonchev–Trinajstić information content (AvgIpc) is 2.70. The molecule has 0 radical (unpaired) electrons. The molecular weight excluding hydrogens is 321 g/mol. The SMILES string of the molecule is O=[S@@]1c2ccccc2SN1Cc1ccc(Cl)cc1Cl. The van der Waals surface area contributed by atoms with Crippen LogP contribution in [0.3, 0.4) is 0 Å². The van der Waals surface area contributed by atoms with Crippen LogP contribution in [0.15, 0.2) is 52.3 Å². The summed E-state index contributed by atoms with van der Waals surface area (Å²) in [5.41, 5.74) is 0.916. The van der Waals surface area contributed by atoms with E-state index in [1.54, 1.807) is 12.1 Å². The summed E-state index contributed by atoms with van der Waals surface area (Å²) in [4.78, 5) is 1.89. The first-order chi connectivity index (χ1) is 9.15. The highest BCUT2D eigenvalue weighted by molar-refractivity contribution is 8.08. The van der Waals surface area contributed by atoms with Crippen molar-refractivity contribution in [2.75, 3.05) is 0 Å². The minimum absolute atomic E-state index is 0.516. The van der Waals surface area contributed by atoms with Crippen molar-refractivity contribution in [1.29, 1.82) is 0 Å². The molecule has 6 heteroatoms. The Balaban J connectivity index is 1.85. The quantitative estimate of drug-likeness (QED) is 0.754. The first kappa shape index (κ1) is 13.5. The topological polar surface area (TPSA) is 20.3 Å². The molecular formula is C13H9Cl2NOS2. The molecule has 0 bridgehead atoms. The van der Waals surface area contributed by atoms with Crippen LogP contribution in [0.4, 0.5) is 0 Å². The largest absolute Gasteiger partial charge is 0.236 e. The minimum Gasteiger partial charge on any atom is -0.236 e. The molecule has 0 spiro atoms. The molecule has 98 valence electrons. The lowest BCUT2D eigenvalue weighted by molar-refractivity contribution is 0.632. The summed E-state index contributed by atoms with van der Waals surface area (Å²) < 4.78 is 14.1. The standard InChI is InChI=1S/C13H9Cl2NOS2/c14-10-6-5-9(11(15)7-10)8-16-18-12-3-1-2-4-13(12)19(16)17/h1-7H,8H2/t19-/m1/s1. The van der Waals surface area contributed by atoms with Gasteiger partial charge in [-0.15, -0.1) is 0 Å². The van der Waals surface area contributed by atoms with E-state index >= 15 is 0 Å². The number of halogens is 2. The Morgan fingerprint density at radius 2 is 1.95 bits per heavy atom. The van der Waals surface area contributed by atoms with Crippen LogP contribution in [0.25, 0.3) is 0 Å². The van der Waals surface area contributed by atoms with Crippen LogP contribution in [0, 0.1) is 0 Å². The predicted molar refractivity (Wildman–Crippen MR) is 80.7 cm³/mol. The fourth-order valence-electron chi connectivity index (χ4n) is 1.80. The highest BCUT2D eigenvalue weighted by atomic mass is 35.5. The van der Waals surface area contributed by atoms with Gasteiger partial charge in [0.25, 0.3) is 0 Å². The number of benzene rings is 2. The van der Waals surface area contributed by atoms with Gasteiger partial charge in [0, 0.05) is 21.5 Å². The summed E-state index contributed by atoms with van der Waals surface area (Å²) in [6.45, 7) is 0.516. The normalized spacial score (nSPS) is 18.5. The Morgan fingerprint density at radius 1 is 1.16 bits per heavy atom. The van der Waals surface area contributed by atoms with Gasteiger partial charge in [0.1, 0.15) is 11.0 Å². The van der Waals surface area contributed by atoms with Crippen molar-refractivity contribution in [2.45, 2.75) is 16.3 Å². The molecule has 3 rings (SSSR count). The number of hydrogen-bond donors (Lipinski definition) is 0. The van der Waals surface area contributed by atoms with E-state index < -0.39 is 11.0 Å². The van der Waals surface area contributed by atoms with Crippen molar-refractivity contribution in [3.05, 3.63) is 58.1 Å². The van der Waals surface area contributed by atoms with Crippen molar-refractivity contribution in [2.24, 2.45) is 0 Å². The van der Waals surface area contributed by atoms with Gasteiger partial charge in [-0.1, -0.05) is 41.4 Å². The maximum Gasteiger partial charge on any atom is 0.139 e. The Hall–Kier alpha value is -0.520. The van der Waals surface area contributed by atoms with Gasteiger partial charge < -0.3 is 0 Å². The number of rotatable bonds is 2. The van der Waals surface area contributed by atoms with E-state index in [1.165, 1.54) is 11.9 Å². The molecule has 19 heavy (non-hydrogen) atoms. The molecule has 2 aromatic carbocycles. The van der Waals surface area contributed by atoms with E-state index in [2.05, 4.69) is 0 Å². The Kier molecular flexibility index (Phi) is 3.87. The lowest BCUT2D eigenvalue weighted by atomic mass is 10.2. The van der Waals surface area contributed by atoms with Crippen LogP contribution in [0.5, 0.6) is 0 Å². The summed E-state index contributed by atoms with van der Waals surface area (Å²) in [6.07, 6.45) is 0. The van der Waals surface area contributed by atoms with Crippen LogP contribution in [-0.4, -0.2) is 7.92 Å². The van der Waals surface area contributed by atoms with E-state index in [9.17, 15) is 4.21 Å². The Labute approximate surface area is 128 Å². The van der Waals surface area contributed by atoms with Gasteiger partial charge in [0.2, 0.25) is 0 Å². The smallest absolute Gasteiger partial charge is 0.139 e. The monoisotopic (exact) mass is 329 g/mol. The van der Waals surface area contributed by atoms with Gasteiger partial charge in [-0.25, -0.2) is 4.21 Å². The first-order valence-corrected chi connectivity index (χ1v) is 8.19. The fraction of sp³-hybridized carbons (Fsp3) is 0.0769. The highest BCUT2D eigenvalue weighted by Gasteiger charge is 2.28. The molecule has 2 aromatic rings. The van der Waals surface area contributed by atoms with Crippen molar-refractivity contribution >= 4 is 46.1 Å². The third-order valence-corrected chi connectivity index (χ3v) is 6.20. The molecule has 1 aliphatic heterocycles. The van der Waals surface area contributed by atoms with Gasteiger partial charge in [-0.05, 0) is 41.8 Å². The zero-order valence-electron chi connectivity index (χ0n) is 9.68. The zero-order chi connectivity index (χ0) is 13.4. The number of fused-ring (bicyclic) bond motifs is 1. The molecule has 0 unspecified atom stereocenters. The van der Waals surface area contributed by atoms with Gasteiger partial charge in [0.15, 0.2) is 0 Å². The second-order valence-corrected chi connectivity index (χ2v) is 7.53. The van der Waals surface area contributed by atoms with Crippen LogP contribution in [0.1, 0.15) is 5.56 Å². The lowest BCUT2D eigenvalue weighted by Gasteiger charge is -2.13. The third kappa shape index (κ3) is 2.69. The van der Waals surface area contributed by atoms with Gasteiger partial charge in [-0.3, -0.25) is 0 Å². The summed E-state index contributed by atoms with van der Waals surface area (Å²) in [7, 11) is -1.15. The molecule has 2 nitrogen and oxygen atoms in total. The molecule has 1 aliphatic rings. The van der Waals surface area contributed by atoms with E-state index in [0.29, 0.717) is 16.6 Å². The molecule has 0 aliphatic carbocycles. The summed E-state index contributed by atoms with van der Waals surface area (Å²) in [5, 5.41) is 1.20. The van der Waals surface area contributed by atoms with Crippen LogP contribution < -0.4 is 0 Å². The van der Waals surface area contributed by atoms with Crippen molar-refractivity contribution in [3.8, 4) is 0 Å². The molecule has 0 N–H and O–H groups in total. The maximum atomic E-state index is 12.3. The number of nitrogens with zero attached hydrogens (tertiary/aromatic N) is 1. The van der Waals surface area contributed by atoms with E-state index in [1.807, 2.05) is 34.0 Å². The summed E-state index contributed by atoms with van der Waals surface area (Å²) in [6, 6.07) is 13.1. The Bertz CT molecular complexity index is 663. The second kappa shape index (κ2) is 5.46. The summed E-state index contributed by atoms with van der Waals surface area (Å²) >= 11 is 13.5. The second-order valence-electron chi connectivity index (χ2n) is 4.01. The predicted octanol–water partition coefficient (Wildman–Crippen LogP) is 4.54. The molecule has 1 atom stereocenters. The highest BCUT2D eigenvalue weighted by Crippen LogP contribution is 2.40. The maximum absolute atomic E-state index is 12.3. The summed E-state index contributed by atoms with van der Waals surface area (Å²) in [5.74, 6) is 0. The zero-order valence-corrected chi connectivity index (χ0v) is 12.8. The third-order valence-electron chi connectivity index (χ3n) is 2.74. The van der Waals surface area contributed by atoms with Crippen molar-refractivity contribution in [3.63, 3.8) is 0 Å². The van der Waals surface area contributed by atoms with Gasteiger partial charge in [-0.2, -0.15) is 3.71 Å². The van der Waals surface area contributed by atoms with E-state index in [0.717, 1.165) is 15.4 Å². The molecule has 0 aromatic heterocycles. The Morgan fingerprint density at radius 3 is 2.68 bits per heavy atom. The first-order valence-electron chi connectivity index (χ1n) is 5.55. The minimum atomic E-state index is -1.15. The van der Waals surface area contributed by atoms with Crippen molar-refractivity contribution in [1.82, 2.24) is 3.71 Å². The van der Waals surface area contributed by atoms with Crippen LogP contribution in [-0.2, 0) is 17.5 Å². The molecule has 0 saturated carbocycles. The van der Waals surface area contributed by atoms with Gasteiger partial charge >= 0.3 is 0 Å². The number of hydrogen-bond acceptors (Lipinski definition) is 2. The van der Waals surface area contributed by atoms with Crippen LogP contribution in [0.2, 0.25) is 10.0 Å². The molecule has 0 amide bonds. The lowest BCUT2D eigenvalue weighted by Crippen LogP contribution is -2.13. The van der Waals surface area contributed by atoms with E-state index in [4.69, 9.17) is 23.2 Å². The molecule has 0 fully saturated rings. The fourth-order valence-corrected chi connectivity index (χ4v) is 4.98.